The average molecular weight is 256 g/mol. The third-order valence-corrected chi connectivity index (χ3v) is 2.61. The fourth-order valence-corrected chi connectivity index (χ4v) is 1.42. The second kappa shape index (κ2) is 5.65. The monoisotopic (exact) mass is 255 g/mol. The Morgan fingerprint density at radius 2 is 2.12 bits per heavy atom. The number of benzene rings is 1. The van der Waals surface area contributed by atoms with Gasteiger partial charge in [0.15, 0.2) is 0 Å². The highest BCUT2D eigenvalue weighted by Crippen LogP contribution is 2.20. The zero-order valence-corrected chi connectivity index (χ0v) is 10.1. The molecule has 0 unspecified atom stereocenters. The average Bonchev–Trinajstić information content (AvgIpc) is 2.30. The normalized spacial score (nSPS) is 11.9. The fourth-order valence-electron chi connectivity index (χ4n) is 1.21. The van der Waals surface area contributed by atoms with Crippen LogP contribution in [0.15, 0.2) is 18.2 Å². The van der Waals surface area contributed by atoms with Crippen LogP contribution < -0.4 is 16.8 Å². The largest absolute Gasteiger partial charge is 0.366 e. The van der Waals surface area contributed by atoms with Gasteiger partial charge in [-0.05, 0) is 24.6 Å². The number of primary amides is 1. The molecule has 0 spiro atoms. The summed E-state index contributed by atoms with van der Waals surface area (Å²) in [6.07, 6.45) is 0.530. The minimum absolute atomic E-state index is 0.162. The first-order valence-electron chi connectivity index (χ1n) is 5.11. The maximum Gasteiger partial charge on any atom is 0.250 e. The van der Waals surface area contributed by atoms with Gasteiger partial charge >= 0.3 is 0 Å². The van der Waals surface area contributed by atoms with E-state index in [9.17, 15) is 9.59 Å². The molecule has 0 fully saturated rings. The van der Waals surface area contributed by atoms with E-state index < -0.39 is 11.9 Å². The molecule has 2 amide bonds. The van der Waals surface area contributed by atoms with Crippen LogP contribution in [0.5, 0.6) is 0 Å². The molecular formula is C11H14ClN3O2. The predicted octanol–water partition coefficient (Wildman–Crippen LogP) is 1.11. The molecular weight excluding hydrogens is 242 g/mol. The molecule has 0 aromatic heterocycles. The van der Waals surface area contributed by atoms with Crippen LogP contribution in [0.2, 0.25) is 5.02 Å². The SMILES string of the molecule is CC[C@@H](N)C(=O)Nc1ccc(Cl)c(C(N)=O)c1. The summed E-state index contributed by atoms with van der Waals surface area (Å²) in [4.78, 5) is 22.6. The van der Waals surface area contributed by atoms with Gasteiger partial charge < -0.3 is 16.8 Å². The van der Waals surface area contributed by atoms with Crippen LogP contribution in [0.3, 0.4) is 0 Å². The zero-order valence-electron chi connectivity index (χ0n) is 9.37. The maximum atomic E-state index is 11.5. The second-order valence-corrected chi connectivity index (χ2v) is 3.97. The zero-order chi connectivity index (χ0) is 13.0. The van der Waals surface area contributed by atoms with Crippen LogP contribution in [0.4, 0.5) is 5.69 Å². The molecule has 0 bridgehead atoms. The van der Waals surface area contributed by atoms with E-state index in [2.05, 4.69) is 5.32 Å². The van der Waals surface area contributed by atoms with E-state index in [-0.39, 0.29) is 16.5 Å². The number of halogens is 1. The Hall–Kier alpha value is -1.59. The molecule has 5 N–H and O–H groups in total. The van der Waals surface area contributed by atoms with Gasteiger partial charge in [0.1, 0.15) is 0 Å². The van der Waals surface area contributed by atoms with Crippen molar-refractivity contribution in [3.8, 4) is 0 Å². The molecule has 1 atom stereocenters. The van der Waals surface area contributed by atoms with Gasteiger partial charge in [-0.3, -0.25) is 9.59 Å². The lowest BCUT2D eigenvalue weighted by Crippen LogP contribution is -2.34. The van der Waals surface area contributed by atoms with Crippen molar-refractivity contribution in [2.24, 2.45) is 11.5 Å². The van der Waals surface area contributed by atoms with Crippen molar-refractivity contribution in [2.75, 3.05) is 5.32 Å². The van der Waals surface area contributed by atoms with Crippen molar-refractivity contribution in [3.05, 3.63) is 28.8 Å². The number of amides is 2. The van der Waals surface area contributed by atoms with Crippen LogP contribution in [0, 0.1) is 0 Å². The van der Waals surface area contributed by atoms with Crippen molar-refractivity contribution >= 4 is 29.1 Å². The summed E-state index contributed by atoms with van der Waals surface area (Å²) in [5, 5.41) is 2.83. The molecule has 1 rings (SSSR count). The number of hydrogen-bond acceptors (Lipinski definition) is 3. The topological polar surface area (TPSA) is 98.2 Å². The quantitative estimate of drug-likeness (QED) is 0.752. The smallest absolute Gasteiger partial charge is 0.250 e. The molecule has 0 radical (unpaired) electrons. The Labute approximate surface area is 104 Å². The number of anilines is 1. The Morgan fingerprint density at radius 3 is 2.65 bits per heavy atom. The summed E-state index contributed by atoms with van der Waals surface area (Å²) in [6.45, 7) is 1.81. The van der Waals surface area contributed by atoms with Crippen LogP contribution in [0.25, 0.3) is 0 Å². The number of rotatable bonds is 4. The fraction of sp³-hybridized carbons (Fsp3) is 0.273. The first-order chi connectivity index (χ1) is 7.95. The van der Waals surface area contributed by atoms with Crippen LogP contribution >= 0.6 is 11.6 Å². The van der Waals surface area contributed by atoms with Gasteiger partial charge in [-0.25, -0.2) is 0 Å². The van der Waals surface area contributed by atoms with E-state index in [0.717, 1.165) is 0 Å². The van der Waals surface area contributed by atoms with Crippen molar-refractivity contribution < 1.29 is 9.59 Å². The van der Waals surface area contributed by atoms with Gasteiger partial charge in [0.25, 0.3) is 0 Å². The maximum absolute atomic E-state index is 11.5. The number of carbonyl (C=O) groups is 2. The molecule has 5 nitrogen and oxygen atoms in total. The Morgan fingerprint density at radius 1 is 1.47 bits per heavy atom. The lowest BCUT2D eigenvalue weighted by atomic mass is 10.1. The lowest BCUT2D eigenvalue weighted by molar-refractivity contribution is -0.117. The molecule has 0 aliphatic rings. The van der Waals surface area contributed by atoms with Gasteiger partial charge in [0.05, 0.1) is 16.6 Å². The lowest BCUT2D eigenvalue weighted by Gasteiger charge is -2.11. The third-order valence-electron chi connectivity index (χ3n) is 2.28. The minimum Gasteiger partial charge on any atom is -0.366 e. The molecule has 1 aromatic carbocycles. The number of nitrogens with one attached hydrogen (secondary N) is 1. The molecule has 0 saturated heterocycles. The van der Waals surface area contributed by atoms with Crippen molar-refractivity contribution in [2.45, 2.75) is 19.4 Å². The van der Waals surface area contributed by atoms with Crippen LogP contribution in [0.1, 0.15) is 23.7 Å². The highest BCUT2D eigenvalue weighted by molar-refractivity contribution is 6.34. The van der Waals surface area contributed by atoms with Crippen molar-refractivity contribution in [1.82, 2.24) is 0 Å². The summed E-state index contributed by atoms with van der Waals surface area (Å²) >= 11 is 5.78. The van der Waals surface area contributed by atoms with Crippen molar-refractivity contribution in [3.63, 3.8) is 0 Å². The highest BCUT2D eigenvalue weighted by atomic mass is 35.5. The van der Waals surface area contributed by atoms with E-state index in [1.165, 1.54) is 12.1 Å². The van der Waals surface area contributed by atoms with E-state index >= 15 is 0 Å². The Bertz CT molecular complexity index is 448. The van der Waals surface area contributed by atoms with E-state index in [1.807, 2.05) is 0 Å². The van der Waals surface area contributed by atoms with Gasteiger partial charge in [0, 0.05) is 5.69 Å². The predicted molar refractivity (Wildman–Crippen MR) is 66.9 cm³/mol. The summed E-state index contributed by atoms with van der Waals surface area (Å²) in [5.74, 6) is -0.962. The second-order valence-electron chi connectivity index (χ2n) is 3.56. The van der Waals surface area contributed by atoms with Crippen molar-refractivity contribution in [1.29, 1.82) is 0 Å². The highest BCUT2D eigenvalue weighted by Gasteiger charge is 2.13. The van der Waals surface area contributed by atoms with Crippen LogP contribution in [-0.2, 0) is 4.79 Å². The molecule has 0 aliphatic carbocycles. The molecule has 6 heteroatoms. The minimum atomic E-state index is -0.647. The third kappa shape index (κ3) is 3.44. The number of hydrogen-bond donors (Lipinski definition) is 3. The standard InChI is InChI=1S/C11H14ClN3O2/c1-2-9(13)11(17)15-6-3-4-8(12)7(5-6)10(14)16/h3-5,9H,2,13H2,1H3,(H2,14,16)(H,15,17)/t9-/m1/s1. The van der Waals surface area contributed by atoms with Gasteiger partial charge in [0.2, 0.25) is 11.8 Å². The van der Waals surface area contributed by atoms with Gasteiger partial charge in [-0.2, -0.15) is 0 Å². The van der Waals surface area contributed by atoms with E-state index in [1.54, 1.807) is 13.0 Å². The molecule has 0 aliphatic heterocycles. The van der Waals surface area contributed by atoms with E-state index in [0.29, 0.717) is 12.1 Å². The Balaban J connectivity index is 2.90. The summed E-state index contributed by atoms with van der Waals surface area (Å²) in [6, 6.07) is 3.91. The summed E-state index contributed by atoms with van der Waals surface area (Å²) < 4.78 is 0. The molecule has 0 heterocycles. The first-order valence-corrected chi connectivity index (χ1v) is 5.49. The number of nitrogens with two attached hydrogens (primary N) is 2. The molecule has 92 valence electrons. The summed E-state index contributed by atoms with van der Waals surface area (Å²) in [7, 11) is 0. The first kappa shape index (κ1) is 13.5. The van der Waals surface area contributed by atoms with Crippen LogP contribution in [-0.4, -0.2) is 17.9 Å². The molecule has 1 aromatic rings. The van der Waals surface area contributed by atoms with Gasteiger partial charge in [-0.1, -0.05) is 18.5 Å². The summed E-state index contributed by atoms with van der Waals surface area (Å²) in [5.41, 5.74) is 11.3. The Kier molecular flexibility index (Phi) is 4.48. The van der Waals surface area contributed by atoms with E-state index in [4.69, 9.17) is 23.1 Å². The van der Waals surface area contributed by atoms with Gasteiger partial charge in [-0.15, -0.1) is 0 Å². The molecule has 0 saturated carbocycles. The number of carbonyl (C=O) groups excluding carboxylic acids is 2. The molecule has 17 heavy (non-hydrogen) atoms.